The monoisotopic (exact) mass is 344 g/mol. The predicted molar refractivity (Wildman–Crippen MR) is 88.7 cm³/mol. The van der Waals surface area contributed by atoms with Crippen molar-refractivity contribution in [1.82, 2.24) is 0 Å². The van der Waals surface area contributed by atoms with Gasteiger partial charge < -0.3 is 4.74 Å². The first-order valence-electron chi connectivity index (χ1n) is 8.11. The summed E-state index contributed by atoms with van der Waals surface area (Å²) in [5.74, 6) is -1.20. The van der Waals surface area contributed by atoms with Gasteiger partial charge in [0.05, 0.1) is 0 Å². The van der Waals surface area contributed by atoms with E-state index in [-0.39, 0.29) is 12.8 Å². The summed E-state index contributed by atoms with van der Waals surface area (Å²) in [6, 6.07) is 8.94. The smallest absolute Gasteiger partial charge is 0.404 e. The first-order chi connectivity index (χ1) is 10.8. The molecule has 0 amide bonds. The van der Waals surface area contributed by atoms with Crippen molar-refractivity contribution in [3.63, 3.8) is 0 Å². The Morgan fingerprint density at radius 2 is 1.50 bits per heavy atom. The number of carbonyl (C=O) groups is 1. The van der Waals surface area contributed by atoms with Crippen molar-refractivity contribution in [2.75, 3.05) is 0 Å². The lowest BCUT2D eigenvalue weighted by Gasteiger charge is -2.40. The lowest BCUT2D eigenvalue weighted by Crippen LogP contribution is -2.50. The highest BCUT2D eigenvalue weighted by molar-refractivity contribution is 5.78. The van der Waals surface area contributed by atoms with Gasteiger partial charge in [-0.1, -0.05) is 51.1 Å². The fourth-order valence-corrected chi connectivity index (χ4v) is 2.88. The maximum absolute atomic E-state index is 13.9. The summed E-state index contributed by atoms with van der Waals surface area (Å²) in [5, 5.41) is 0. The second kappa shape index (κ2) is 6.77. The van der Waals surface area contributed by atoms with Crippen LogP contribution in [0.5, 0.6) is 0 Å². The zero-order valence-corrected chi connectivity index (χ0v) is 15.3. The van der Waals surface area contributed by atoms with Gasteiger partial charge in [0.2, 0.25) is 0 Å². The van der Waals surface area contributed by atoms with Gasteiger partial charge in [0.15, 0.2) is 5.41 Å². The molecule has 0 aliphatic heterocycles. The third kappa shape index (κ3) is 4.52. The zero-order valence-electron chi connectivity index (χ0n) is 15.3. The minimum atomic E-state index is -4.68. The van der Waals surface area contributed by atoms with Crippen LogP contribution < -0.4 is 0 Å². The van der Waals surface area contributed by atoms with Crippen LogP contribution in [0.2, 0.25) is 0 Å². The molecule has 0 saturated carbocycles. The van der Waals surface area contributed by atoms with E-state index in [1.165, 1.54) is 6.92 Å². The van der Waals surface area contributed by atoms with Gasteiger partial charge in [-0.05, 0) is 44.6 Å². The van der Waals surface area contributed by atoms with Crippen molar-refractivity contribution in [1.29, 1.82) is 0 Å². The van der Waals surface area contributed by atoms with E-state index in [1.54, 1.807) is 58.9 Å². The Balaban J connectivity index is 3.32. The first-order valence-corrected chi connectivity index (χ1v) is 8.11. The molecule has 0 spiro atoms. The molecule has 0 fully saturated rings. The Labute approximate surface area is 142 Å². The summed E-state index contributed by atoms with van der Waals surface area (Å²) in [7, 11) is 0. The molecule has 2 nitrogen and oxygen atoms in total. The highest BCUT2D eigenvalue weighted by atomic mass is 19.4. The molecule has 0 radical (unpaired) electrons. The summed E-state index contributed by atoms with van der Waals surface area (Å²) in [5.41, 5.74) is -3.57. The third-order valence-corrected chi connectivity index (χ3v) is 4.23. The molecular weight excluding hydrogens is 317 g/mol. The van der Waals surface area contributed by atoms with Crippen molar-refractivity contribution in [2.24, 2.45) is 5.41 Å². The average Bonchev–Trinajstić information content (AvgIpc) is 2.42. The molecule has 0 N–H and O–H groups in total. The number of halogens is 3. The Hall–Kier alpha value is -1.52. The second-order valence-electron chi connectivity index (χ2n) is 7.86. The van der Waals surface area contributed by atoms with Crippen molar-refractivity contribution in [2.45, 2.75) is 71.6 Å². The molecule has 1 aromatic carbocycles. The van der Waals surface area contributed by atoms with Crippen LogP contribution in [0.3, 0.4) is 0 Å². The Morgan fingerprint density at radius 3 is 1.88 bits per heavy atom. The van der Waals surface area contributed by atoms with E-state index in [1.807, 2.05) is 6.07 Å². The summed E-state index contributed by atoms with van der Waals surface area (Å²) in [6.07, 6.45) is -5.41. The summed E-state index contributed by atoms with van der Waals surface area (Å²) >= 11 is 0. The van der Waals surface area contributed by atoms with Gasteiger partial charge in [0, 0.05) is 0 Å². The van der Waals surface area contributed by atoms with Crippen molar-refractivity contribution in [3.8, 4) is 0 Å². The van der Waals surface area contributed by atoms with Gasteiger partial charge in [-0.3, -0.25) is 4.79 Å². The number of benzene rings is 1. The van der Waals surface area contributed by atoms with E-state index in [0.29, 0.717) is 0 Å². The van der Waals surface area contributed by atoms with Gasteiger partial charge in [-0.15, -0.1) is 0 Å². The van der Waals surface area contributed by atoms with Crippen molar-refractivity contribution < 1.29 is 22.7 Å². The van der Waals surface area contributed by atoms with Crippen LogP contribution in [0.15, 0.2) is 30.3 Å². The fourth-order valence-electron chi connectivity index (χ4n) is 2.88. The largest absolute Gasteiger partial charge is 0.459 e. The number of rotatable bonds is 5. The second-order valence-corrected chi connectivity index (χ2v) is 7.86. The van der Waals surface area contributed by atoms with Crippen LogP contribution in [0.1, 0.15) is 59.9 Å². The topological polar surface area (TPSA) is 26.3 Å². The molecular formula is C19H27F3O2. The Kier molecular flexibility index (Phi) is 5.79. The average molecular weight is 344 g/mol. The van der Waals surface area contributed by atoms with Gasteiger partial charge in [0.1, 0.15) is 5.60 Å². The van der Waals surface area contributed by atoms with Crippen LogP contribution in [-0.4, -0.2) is 17.7 Å². The number of hydrogen-bond acceptors (Lipinski definition) is 2. The molecule has 0 aromatic heterocycles. The number of hydrogen-bond donors (Lipinski definition) is 0. The number of ether oxygens (including phenoxy) is 1. The van der Waals surface area contributed by atoms with Crippen LogP contribution in [0.25, 0.3) is 0 Å². The molecule has 0 aliphatic carbocycles. The van der Waals surface area contributed by atoms with E-state index in [4.69, 9.17) is 4.74 Å². The molecule has 24 heavy (non-hydrogen) atoms. The Morgan fingerprint density at radius 1 is 1.00 bits per heavy atom. The molecule has 0 aliphatic rings. The van der Waals surface area contributed by atoms with Crippen LogP contribution in [0.4, 0.5) is 13.2 Å². The van der Waals surface area contributed by atoms with E-state index in [9.17, 15) is 18.0 Å². The lowest BCUT2D eigenvalue weighted by molar-refractivity contribution is -0.246. The molecule has 0 saturated heterocycles. The van der Waals surface area contributed by atoms with Gasteiger partial charge >= 0.3 is 12.1 Å². The molecule has 136 valence electrons. The highest BCUT2D eigenvalue weighted by Crippen LogP contribution is 2.50. The van der Waals surface area contributed by atoms with Gasteiger partial charge in [-0.25, -0.2) is 0 Å². The van der Waals surface area contributed by atoms with Crippen LogP contribution in [-0.2, 0) is 14.9 Å². The molecule has 1 aromatic rings. The van der Waals surface area contributed by atoms with Crippen LogP contribution in [0, 0.1) is 5.41 Å². The highest BCUT2D eigenvalue weighted by Gasteiger charge is 2.62. The number of esters is 1. The van der Waals surface area contributed by atoms with Crippen molar-refractivity contribution in [3.05, 3.63) is 35.9 Å². The summed E-state index contributed by atoms with van der Waals surface area (Å²) in [6.45, 7) is 9.56. The van der Waals surface area contributed by atoms with E-state index < -0.39 is 28.6 Å². The van der Waals surface area contributed by atoms with E-state index in [0.717, 1.165) is 5.56 Å². The molecule has 5 heteroatoms. The maximum Gasteiger partial charge on any atom is 0.404 e. The van der Waals surface area contributed by atoms with Crippen molar-refractivity contribution >= 4 is 5.97 Å². The standard InChI is InChI=1S/C19H27F3O2/c1-7-18(19(20,21)22,15(23)24-16(2,3)4)13-17(5,6)14-11-9-8-10-12-14/h8-12H,7,13H2,1-6H3. The Bertz CT molecular complexity index is 556. The molecule has 1 rings (SSSR count). The van der Waals surface area contributed by atoms with E-state index in [2.05, 4.69) is 0 Å². The summed E-state index contributed by atoms with van der Waals surface area (Å²) < 4.78 is 47.0. The lowest BCUT2D eigenvalue weighted by atomic mass is 9.68. The third-order valence-electron chi connectivity index (χ3n) is 4.23. The van der Waals surface area contributed by atoms with Crippen LogP contribution >= 0.6 is 0 Å². The van der Waals surface area contributed by atoms with E-state index >= 15 is 0 Å². The molecule has 1 unspecified atom stereocenters. The minimum absolute atomic E-state index is 0.359. The summed E-state index contributed by atoms with van der Waals surface area (Å²) in [4.78, 5) is 12.5. The zero-order chi connectivity index (χ0) is 18.8. The molecule has 0 heterocycles. The normalized spacial score (nSPS) is 15.7. The quantitative estimate of drug-likeness (QED) is 0.645. The molecule has 1 atom stereocenters. The first kappa shape index (κ1) is 20.5. The van der Waals surface area contributed by atoms with Gasteiger partial charge in [0.25, 0.3) is 0 Å². The maximum atomic E-state index is 13.9. The fraction of sp³-hybridized carbons (Fsp3) is 0.632. The SMILES string of the molecule is CCC(CC(C)(C)c1ccccc1)(C(=O)OC(C)(C)C)C(F)(F)F. The minimum Gasteiger partial charge on any atom is -0.459 e. The number of alkyl halides is 3. The predicted octanol–water partition coefficient (Wildman–Crippen LogP) is 5.65. The van der Waals surface area contributed by atoms with Gasteiger partial charge in [-0.2, -0.15) is 13.2 Å². The number of carbonyl (C=O) groups excluding carboxylic acids is 1. The molecule has 0 bridgehead atoms.